The maximum Gasteiger partial charge on any atom is 0.412 e. The van der Waals surface area contributed by atoms with Crippen molar-refractivity contribution >= 4 is 24.2 Å². The van der Waals surface area contributed by atoms with Gasteiger partial charge in [0.05, 0.1) is 12.3 Å². The fourth-order valence-corrected chi connectivity index (χ4v) is 3.25. The van der Waals surface area contributed by atoms with Gasteiger partial charge in [0.25, 0.3) is 0 Å². The summed E-state index contributed by atoms with van der Waals surface area (Å²) in [6.45, 7) is 3.23. The predicted molar refractivity (Wildman–Crippen MR) is 99.3 cm³/mol. The third-order valence-corrected chi connectivity index (χ3v) is 4.10. The van der Waals surface area contributed by atoms with Crippen molar-refractivity contribution in [2.75, 3.05) is 32.6 Å². The quantitative estimate of drug-likeness (QED) is 0.824. The molecule has 0 heterocycles. The number of hydrogen-bond donors (Lipinski definition) is 1. The van der Waals surface area contributed by atoms with Gasteiger partial charge in [0.15, 0.2) is 0 Å². The van der Waals surface area contributed by atoms with Gasteiger partial charge < -0.3 is 14.4 Å². The Bertz CT molecular complexity index is 517. The van der Waals surface area contributed by atoms with Crippen LogP contribution in [0.3, 0.4) is 0 Å². The third-order valence-electron chi connectivity index (χ3n) is 4.10. The van der Waals surface area contributed by atoms with E-state index in [1.54, 1.807) is 0 Å². The zero-order chi connectivity index (χ0) is 16.7. The SMILES string of the molecule is CCOc1ccccc1NC(=O)OC1(CN(C)C)CCCCC1.Cl. The van der Waals surface area contributed by atoms with Crippen LogP contribution in [0.15, 0.2) is 24.3 Å². The first-order valence-electron chi connectivity index (χ1n) is 8.41. The molecule has 0 radical (unpaired) electrons. The number of rotatable bonds is 6. The number of anilines is 1. The first kappa shape index (κ1) is 20.6. The number of carbonyl (C=O) groups excluding carboxylic acids is 1. The molecule has 5 nitrogen and oxygen atoms in total. The van der Waals surface area contributed by atoms with Gasteiger partial charge >= 0.3 is 6.09 Å². The molecular formula is C18H29ClN2O3. The summed E-state index contributed by atoms with van der Waals surface area (Å²) in [7, 11) is 4.03. The van der Waals surface area contributed by atoms with Crippen molar-refractivity contribution in [2.24, 2.45) is 0 Å². The molecule has 6 heteroatoms. The number of carbonyl (C=O) groups is 1. The number of likely N-dealkylation sites (N-methyl/N-ethyl adjacent to an activating group) is 1. The van der Waals surface area contributed by atoms with Crippen LogP contribution >= 0.6 is 12.4 Å². The smallest absolute Gasteiger partial charge is 0.412 e. The monoisotopic (exact) mass is 356 g/mol. The van der Waals surface area contributed by atoms with Crippen molar-refractivity contribution < 1.29 is 14.3 Å². The fraction of sp³-hybridized carbons (Fsp3) is 0.611. The van der Waals surface area contributed by atoms with E-state index in [1.807, 2.05) is 45.3 Å². The molecule has 0 unspecified atom stereocenters. The summed E-state index contributed by atoms with van der Waals surface area (Å²) in [5.74, 6) is 0.664. The summed E-state index contributed by atoms with van der Waals surface area (Å²) in [5, 5.41) is 2.84. The maximum atomic E-state index is 12.4. The minimum atomic E-state index is -0.402. The highest BCUT2D eigenvalue weighted by Crippen LogP contribution is 2.33. The molecule has 1 aromatic carbocycles. The molecule has 1 saturated carbocycles. The van der Waals surface area contributed by atoms with Crippen LogP contribution in [0.1, 0.15) is 39.0 Å². The zero-order valence-electron chi connectivity index (χ0n) is 14.8. The molecule has 1 fully saturated rings. The topological polar surface area (TPSA) is 50.8 Å². The Morgan fingerprint density at radius 3 is 2.50 bits per heavy atom. The number of nitrogens with one attached hydrogen (secondary N) is 1. The molecule has 1 aliphatic carbocycles. The van der Waals surface area contributed by atoms with Crippen LogP contribution in [0, 0.1) is 0 Å². The lowest BCUT2D eigenvalue weighted by Crippen LogP contribution is -2.46. The van der Waals surface area contributed by atoms with E-state index in [0.717, 1.165) is 32.2 Å². The average Bonchev–Trinajstić information content (AvgIpc) is 2.49. The standard InChI is InChI=1S/C18H28N2O3.ClH/c1-4-22-16-11-7-6-10-15(16)19-17(21)23-18(14-20(2)3)12-8-5-9-13-18;/h6-7,10-11H,4-5,8-9,12-14H2,1-3H3,(H,19,21);1H. The number of amides is 1. The van der Waals surface area contributed by atoms with Crippen LogP contribution in [0.25, 0.3) is 0 Å². The van der Waals surface area contributed by atoms with E-state index in [1.165, 1.54) is 6.42 Å². The highest BCUT2D eigenvalue weighted by Gasteiger charge is 2.36. The summed E-state index contributed by atoms with van der Waals surface area (Å²) in [6, 6.07) is 7.42. The number of nitrogens with zero attached hydrogens (tertiary/aromatic N) is 1. The first-order chi connectivity index (χ1) is 11.0. The van der Waals surface area contributed by atoms with E-state index in [9.17, 15) is 4.79 Å². The van der Waals surface area contributed by atoms with Gasteiger partial charge in [-0.25, -0.2) is 4.79 Å². The van der Waals surface area contributed by atoms with Crippen molar-refractivity contribution in [1.29, 1.82) is 0 Å². The van der Waals surface area contributed by atoms with Crippen LogP contribution in [0.5, 0.6) is 5.75 Å². The van der Waals surface area contributed by atoms with Gasteiger partial charge in [-0.15, -0.1) is 12.4 Å². The molecule has 1 aromatic rings. The van der Waals surface area contributed by atoms with Gasteiger partial charge in [-0.1, -0.05) is 18.6 Å². The lowest BCUT2D eigenvalue weighted by molar-refractivity contribution is -0.0261. The van der Waals surface area contributed by atoms with Gasteiger partial charge in [-0.3, -0.25) is 5.32 Å². The van der Waals surface area contributed by atoms with Crippen molar-refractivity contribution in [2.45, 2.75) is 44.6 Å². The largest absolute Gasteiger partial charge is 0.492 e. The number of ether oxygens (including phenoxy) is 2. The molecule has 136 valence electrons. The Balaban J connectivity index is 0.00000288. The summed E-state index contributed by atoms with van der Waals surface area (Å²) in [6.07, 6.45) is 4.87. The molecule has 0 spiro atoms. The van der Waals surface area contributed by atoms with E-state index in [0.29, 0.717) is 18.0 Å². The Morgan fingerprint density at radius 1 is 1.21 bits per heavy atom. The van der Waals surface area contributed by atoms with E-state index >= 15 is 0 Å². The van der Waals surface area contributed by atoms with Crippen LogP contribution in [0.4, 0.5) is 10.5 Å². The van der Waals surface area contributed by atoms with Gasteiger partial charge in [0.1, 0.15) is 11.4 Å². The van der Waals surface area contributed by atoms with Crippen molar-refractivity contribution in [3.8, 4) is 5.75 Å². The van der Waals surface area contributed by atoms with E-state index in [4.69, 9.17) is 9.47 Å². The maximum absolute atomic E-state index is 12.4. The van der Waals surface area contributed by atoms with Crippen molar-refractivity contribution in [3.63, 3.8) is 0 Å². The highest BCUT2D eigenvalue weighted by atomic mass is 35.5. The van der Waals surface area contributed by atoms with Gasteiger partial charge in [0.2, 0.25) is 0 Å². The lowest BCUT2D eigenvalue weighted by atomic mass is 9.84. The Morgan fingerprint density at radius 2 is 1.88 bits per heavy atom. The molecule has 0 aromatic heterocycles. The second kappa shape index (κ2) is 9.74. The normalized spacial score (nSPS) is 16.2. The van der Waals surface area contributed by atoms with Crippen molar-refractivity contribution in [1.82, 2.24) is 4.90 Å². The lowest BCUT2D eigenvalue weighted by Gasteiger charge is -2.38. The molecule has 0 aliphatic heterocycles. The summed E-state index contributed by atoms with van der Waals surface area (Å²) in [4.78, 5) is 14.5. The van der Waals surface area contributed by atoms with Gasteiger partial charge in [-0.05, 0) is 58.8 Å². The van der Waals surface area contributed by atoms with E-state index in [2.05, 4.69) is 10.2 Å². The predicted octanol–water partition coefficient (Wildman–Crippen LogP) is 4.32. The minimum absolute atomic E-state index is 0. The zero-order valence-corrected chi connectivity index (χ0v) is 15.7. The van der Waals surface area contributed by atoms with Crippen LogP contribution in [0.2, 0.25) is 0 Å². The molecule has 0 saturated heterocycles. The number of benzene rings is 1. The number of halogens is 1. The minimum Gasteiger partial charge on any atom is -0.492 e. The average molecular weight is 357 g/mol. The van der Waals surface area contributed by atoms with Crippen molar-refractivity contribution in [3.05, 3.63) is 24.3 Å². The molecule has 24 heavy (non-hydrogen) atoms. The van der Waals surface area contributed by atoms with Gasteiger partial charge in [0, 0.05) is 6.54 Å². The molecule has 1 amide bonds. The van der Waals surface area contributed by atoms with Crippen LogP contribution in [-0.2, 0) is 4.74 Å². The molecule has 0 bridgehead atoms. The fourth-order valence-electron chi connectivity index (χ4n) is 3.25. The molecule has 1 N–H and O–H groups in total. The molecule has 1 aliphatic rings. The summed E-state index contributed by atoms with van der Waals surface area (Å²) in [5.41, 5.74) is 0.266. The Hall–Kier alpha value is -1.46. The third kappa shape index (κ3) is 5.87. The van der Waals surface area contributed by atoms with Crippen LogP contribution in [-0.4, -0.2) is 43.8 Å². The van der Waals surface area contributed by atoms with Crippen LogP contribution < -0.4 is 10.1 Å². The molecular weight excluding hydrogens is 328 g/mol. The summed E-state index contributed by atoms with van der Waals surface area (Å²) >= 11 is 0. The molecule has 0 atom stereocenters. The Kier molecular flexibility index (Phi) is 8.36. The van der Waals surface area contributed by atoms with E-state index < -0.39 is 6.09 Å². The van der Waals surface area contributed by atoms with E-state index in [-0.39, 0.29) is 18.0 Å². The second-order valence-electron chi connectivity index (χ2n) is 6.43. The highest BCUT2D eigenvalue weighted by molar-refractivity contribution is 5.87. The Labute approximate surface area is 151 Å². The number of para-hydroxylation sites is 2. The second-order valence-corrected chi connectivity index (χ2v) is 6.43. The first-order valence-corrected chi connectivity index (χ1v) is 8.41. The number of hydrogen-bond acceptors (Lipinski definition) is 4. The van der Waals surface area contributed by atoms with Gasteiger partial charge in [-0.2, -0.15) is 0 Å². The molecule has 2 rings (SSSR count). The summed E-state index contributed by atoms with van der Waals surface area (Å²) < 4.78 is 11.4.